The van der Waals surface area contributed by atoms with Crippen LogP contribution in [0.4, 0.5) is 17.6 Å². The number of alkyl halides is 2. The van der Waals surface area contributed by atoms with E-state index in [-0.39, 0.29) is 5.92 Å². The number of unbranched alkanes of at least 4 members (excludes halogenated alkanes) is 2. The van der Waals surface area contributed by atoms with Crippen LogP contribution in [0.2, 0.25) is 0 Å². The molecule has 0 N–H and O–H groups in total. The minimum absolute atomic E-state index is 0.0836. The first-order chi connectivity index (χ1) is 12.5. The molecule has 1 saturated carbocycles. The SMILES string of the molecule is CCCC=CCCCC1CCC(c2cc(F)c(OC(F)F)c(F)c2)CC1. The van der Waals surface area contributed by atoms with Gasteiger partial charge >= 0.3 is 6.61 Å². The Morgan fingerprint density at radius 2 is 1.65 bits per heavy atom. The van der Waals surface area contributed by atoms with E-state index in [2.05, 4.69) is 23.8 Å². The fourth-order valence-electron chi connectivity index (χ4n) is 3.73. The third-order valence-corrected chi connectivity index (χ3v) is 5.15. The largest absolute Gasteiger partial charge is 0.429 e. The van der Waals surface area contributed by atoms with Crippen molar-refractivity contribution in [1.29, 1.82) is 0 Å². The summed E-state index contributed by atoms with van der Waals surface area (Å²) in [5.41, 5.74) is 0.544. The zero-order valence-corrected chi connectivity index (χ0v) is 15.3. The quantitative estimate of drug-likeness (QED) is 0.250. The Morgan fingerprint density at radius 1 is 1.04 bits per heavy atom. The van der Waals surface area contributed by atoms with Crippen LogP contribution in [0.25, 0.3) is 0 Å². The highest BCUT2D eigenvalue weighted by Gasteiger charge is 2.25. The first-order valence-electron chi connectivity index (χ1n) is 9.60. The third-order valence-electron chi connectivity index (χ3n) is 5.15. The van der Waals surface area contributed by atoms with Gasteiger partial charge in [-0.1, -0.05) is 31.9 Å². The highest BCUT2D eigenvalue weighted by Crippen LogP contribution is 2.39. The summed E-state index contributed by atoms with van der Waals surface area (Å²) in [6.07, 6.45) is 14.1. The number of halogens is 4. The first kappa shape index (κ1) is 20.8. The maximum Gasteiger partial charge on any atom is 0.387 e. The van der Waals surface area contributed by atoms with Crippen molar-refractivity contribution in [2.75, 3.05) is 0 Å². The van der Waals surface area contributed by atoms with E-state index in [9.17, 15) is 17.6 Å². The van der Waals surface area contributed by atoms with Crippen molar-refractivity contribution < 1.29 is 22.3 Å². The number of allylic oxidation sites excluding steroid dienone is 2. The molecule has 1 aromatic carbocycles. The fourth-order valence-corrected chi connectivity index (χ4v) is 3.73. The average molecular weight is 372 g/mol. The van der Waals surface area contributed by atoms with Crippen LogP contribution in [0.15, 0.2) is 24.3 Å². The lowest BCUT2D eigenvalue weighted by atomic mass is 9.77. The molecule has 1 aliphatic rings. The van der Waals surface area contributed by atoms with Gasteiger partial charge < -0.3 is 4.74 Å². The molecule has 0 heterocycles. The summed E-state index contributed by atoms with van der Waals surface area (Å²) in [5, 5.41) is 0. The predicted molar refractivity (Wildman–Crippen MR) is 95.6 cm³/mol. The van der Waals surface area contributed by atoms with E-state index < -0.39 is 24.0 Å². The molecule has 0 spiro atoms. The third kappa shape index (κ3) is 6.33. The van der Waals surface area contributed by atoms with Gasteiger partial charge in [-0.25, -0.2) is 8.78 Å². The first-order valence-corrected chi connectivity index (χ1v) is 9.60. The lowest BCUT2D eigenvalue weighted by Crippen LogP contribution is -2.14. The minimum Gasteiger partial charge on any atom is -0.429 e. The minimum atomic E-state index is -3.24. The average Bonchev–Trinajstić information content (AvgIpc) is 2.61. The molecule has 0 aromatic heterocycles. The second-order valence-electron chi connectivity index (χ2n) is 7.10. The molecule has 0 atom stereocenters. The summed E-state index contributed by atoms with van der Waals surface area (Å²) in [5.74, 6) is -2.35. The van der Waals surface area contributed by atoms with Crippen molar-refractivity contribution in [1.82, 2.24) is 0 Å². The fraction of sp³-hybridized carbons (Fsp3) is 0.619. The Hall–Kier alpha value is -1.52. The van der Waals surface area contributed by atoms with Crippen molar-refractivity contribution in [3.8, 4) is 5.75 Å². The molecule has 0 aliphatic heterocycles. The number of hydrogen-bond donors (Lipinski definition) is 0. The van der Waals surface area contributed by atoms with Gasteiger partial charge in [0.25, 0.3) is 0 Å². The van der Waals surface area contributed by atoms with Gasteiger partial charge in [0.05, 0.1) is 0 Å². The highest BCUT2D eigenvalue weighted by atomic mass is 19.3. The molecular formula is C21H28F4O. The van der Waals surface area contributed by atoms with Gasteiger partial charge in [-0.3, -0.25) is 0 Å². The molecule has 26 heavy (non-hydrogen) atoms. The summed E-state index contributed by atoms with van der Waals surface area (Å²) in [6, 6.07) is 2.29. The molecule has 5 heteroatoms. The van der Waals surface area contributed by atoms with Crippen LogP contribution in [0.3, 0.4) is 0 Å². The van der Waals surface area contributed by atoms with E-state index in [1.54, 1.807) is 0 Å². The normalized spacial score (nSPS) is 20.8. The smallest absolute Gasteiger partial charge is 0.387 e. The molecule has 0 amide bonds. The number of rotatable bonds is 9. The van der Waals surface area contributed by atoms with E-state index in [4.69, 9.17) is 0 Å². The maximum atomic E-state index is 13.9. The lowest BCUT2D eigenvalue weighted by Gasteiger charge is -2.29. The molecule has 0 bridgehead atoms. The second-order valence-corrected chi connectivity index (χ2v) is 7.10. The Labute approximate surface area is 153 Å². The molecule has 146 valence electrons. The van der Waals surface area contributed by atoms with Crippen LogP contribution < -0.4 is 4.74 Å². The molecular weight excluding hydrogens is 344 g/mol. The Balaban J connectivity index is 1.82. The van der Waals surface area contributed by atoms with Gasteiger partial charge in [0.2, 0.25) is 0 Å². The standard InChI is InChI=1S/C21H28F4O/c1-2-3-4-5-6-7-8-15-9-11-16(12-10-15)17-13-18(22)20(19(23)14-17)26-21(24)25/h4-5,13-16,21H,2-3,6-12H2,1H3. The van der Waals surface area contributed by atoms with Gasteiger partial charge in [-0.15, -0.1) is 0 Å². The number of hydrogen-bond acceptors (Lipinski definition) is 1. The highest BCUT2D eigenvalue weighted by molar-refractivity contribution is 5.33. The van der Waals surface area contributed by atoms with E-state index in [0.29, 0.717) is 11.5 Å². The van der Waals surface area contributed by atoms with Gasteiger partial charge in [0, 0.05) is 0 Å². The van der Waals surface area contributed by atoms with Crippen LogP contribution in [0.1, 0.15) is 76.2 Å². The topological polar surface area (TPSA) is 9.23 Å². The van der Waals surface area contributed by atoms with Gasteiger partial charge in [0.1, 0.15) is 0 Å². The molecule has 0 unspecified atom stereocenters. The maximum absolute atomic E-state index is 13.9. The van der Waals surface area contributed by atoms with Crippen molar-refractivity contribution in [2.24, 2.45) is 5.92 Å². The van der Waals surface area contributed by atoms with Gasteiger partial charge in [0.15, 0.2) is 17.4 Å². The Kier molecular flexibility index (Phi) is 8.46. The van der Waals surface area contributed by atoms with E-state index in [1.807, 2.05) is 0 Å². The van der Waals surface area contributed by atoms with Crippen LogP contribution in [-0.4, -0.2) is 6.61 Å². The van der Waals surface area contributed by atoms with Crippen molar-refractivity contribution in [3.05, 3.63) is 41.5 Å². The van der Waals surface area contributed by atoms with Gasteiger partial charge in [-0.2, -0.15) is 8.78 Å². The molecule has 1 aromatic rings. The van der Waals surface area contributed by atoms with Crippen molar-refractivity contribution >= 4 is 0 Å². The Bertz CT molecular complexity index is 554. The van der Waals surface area contributed by atoms with Crippen LogP contribution >= 0.6 is 0 Å². The summed E-state index contributed by atoms with van der Waals surface area (Å²) in [7, 11) is 0. The zero-order chi connectivity index (χ0) is 18.9. The second kappa shape index (κ2) is 10.6. The van der Waals surface area contributed by atoms with E-state index in [0.717, 1.165) is 50.7 Å². The summed E-state index contributed by atoms with van der Waals surface area (Å²) in [4.78, 5) is 0. The van der Waals surface area contributed by atoms with Crippen LogP contribution in [-0.2, 0) is 0 Å². The van der Waals surface area contributed by atoms with E-state index >= 15 is 0 Å². The van der Waals surface area contributed by atoms with Crippen LogP contribution in [0, 0.1) is 17.6 Å². The molecule has 1 aliphatic carbocycles. The van der Waals surface area contributed by atoms with Crippen molar-refractivity contribution in [3.63, 3.8) is 0 Å². The molecule has 0 radical (unpaired) electrons. The predicted octanol–water partition coefficient (Wildman–Crippen LogP) is 7.37. The molecule has 1 nitrogen and oxygen atoms in total. The summed E-state index contributed by atoms with van der Waals surface area (Å²) in [6.45, 7) is -1.07. The number of benzene rings is 1. The molecule has 2 rings (SSSR count). The van der Waals surface area contributed by atoms with Crippen molar-refractivity contribution in [2.45, 2.75) is 77.2 Å². The monoisotopic (exact) mass is 372 g/mol. The van der Waals surface area contributed by atoms with E-state index in [1.165, 1.54) is 19.3 Å². The summed E-state index contributed by atoms with van der Waals surface area (Å²) < 4.78 is 56.1. The number of ether oxygens (including phenoxy) is 1. The van der Waals surface area contributed by atoms with Crippen LogP contribution in [0.5, 0.6) is 5.75 Å². The van der Waals surface area contributed by atoms with Gasteiger partial charge in [-0.05, 0) is 74.5 Å². The lowest BCUT2D eigenvalue weighted by molar-refractivity contribution is -0.0546. The zero-order valence-electron chi connectivity index (χ0n) is 15.3. The Morgan fingerprint density at radius 3 is 2.23 bits per heavy atom. The molecule has 0 saturated heterocycles. The summed E-state index contributed by atoms with van der Waals surface area (Å²) >= 11 is 0. The molecule has 1 fully saturated rings.